The molecular weight excluding hydrogens is 606 g/mol. The number of hydrogen-bond acceptors (Lipinski definition) is 8. The van der Waals surface area contributed by atoms with Gasteiger partial charge in [0.2, 0.25) is 5.91 Å². The summed E-state index contributed by atoms with van der Waals surface area (Å²) in [7, 11) is -4.05. The summed E-state index contributed by atoms with van der Waals surface area (Å²) in [5.41, 5.74) is 1.99. The highest BCUT2D eigenvalue weighted by Crippen LogP contribution is 2.39. The molecule has 2 amide bonds. The van der Waals surface area contributed by atoms with Gasteiger partial charge in [-0.2, -0.15) is 5.10 Å². The third-order valence-corrected chi connectivity index (χ3v) is 8.93. The lowest BCUT2D eigenvalue weighted by atomic mass is 10.2. The molecule has 0 aliphatic heterocycles. The Morgan fingerprint density at radius 2 is 1.64 bits per heavy atom. The first-order valence-corrected chi connectivity index (χ1v) is 15.1. The van der Waals surface area contributed by atoms with Gasteiger partial charge in [0.15, 0.2) is 15.6 Å². The van der Waals surface area contributed by atoms with E-state index >= 15 is 0 Å². The Labute approximate surface area is 258 Å². The number of amides is 2. The SMILES string of the molecule is Cc1ccc(-n2cc(C(=O)Nc3cc(Oc4ccc(Cl)cc4)c(NC(=O)C(C)S(=O)(=O)c4ccncc4)cc3O)cn2)cc1. The van der Waals surface area contributed by atoms with E-state index in [1.165, 1.54) is 43.7 Å². The smallest absolute Gasteiger partial charge is 0.258 e. The van der Waals surface area contributed by atoms with Crippen LogP contribution in [0.2, 0.25) is 5.02 Å². The van der Waals surface area contributed by atoms with Gasteiger partial charge in [-0.15, -0.1) is 0 Å². The topological polar surface area (TPSA) is 153 Å². The van der Waals surface area contributed by atoms with Gasteiger partial charge in [-0.25, -0.2) is 13.1 Å². The van der Waals surface area contributed by atoms with Crippen LogP contribution in [-0.4, -0.2) is 45.4 Å². The second-order valence-electron chi connectivity index (χ2n) is 9.74. The second kappa shape index (κ2) is 12.6. The van der Waals surface area contributed by atoms with Crippen LogP contribution in [0.3, 0.4) is 0 Å². The summed E-state index contributed by atoms with van der Waals surface area (Å²) < 4.78 is 33.5. The van der Waals surface area contributed by atoms with Crippen LogP contribution in [0.15, 0.2) is 102 Å². The molecule has 0 fully saturated rings. The number of carbonyl (C=O) groups excluding carboxylic acids is 2. The summed E-state index contributed by atoms with van der Waals surface area (Å²) in [5, 5.41) is 19.2. The number of phenolic OH excluding ortho intramolecular Hbond substituents is 1. The van der Waals surface area contributed by atoms with Crippen LogP contribution in [0.25, 0.3) is 5.69 Å². The molecule has 2 heterocycles. The lowest BCUT2D eigenvalue weighted by Crippen LogP contribution is -2.32. The quantitative estimate of drug-likeness (QED) is 0.173. The van der Waals surface area contributed by atoms with Crippen LogP contribution in [0, 0.1) is 6.92 Å². The minimum absolute atomic E-state index is 0.0117. The van der Waals surface area contributed by atoms with Crippen molar-refractivity contribution in [3.8, 4) is 22.9 Å². The maximum absolute atomic E-state index is 13.1. The lowest BCUT2D eigenvalue weighted by molar-refractivity contribution is -0.115. The Morgan fingerprint density at radius 1 is 0.955 bits per heavy atom. The number of anilines is 2. The van der Waals surface area contributed by atoms with Gasteiger partial charge in [-0.1, -0.05) is 29.3 Å². The molecule has 5 aromatic rings. The predicted molar refractivity (Wildman–Crippen MR) is 165 cm³/mol. The average molecular weight is 632 g/mol. The van der Waals surface area contributed by atoms with Crippen molar-refractivity contribution in [1.82, 2.24) is 14.8 Å². The number of aromatic hydroxyl groups is 1. The number of nitrogens with zero attached hydrogens (tertiary/aromatic N) is 3. The molecule has 0 radical (unpaired) electrons. The summed E-state index contributed by atoms with van der Waals surface area (Å²) in [6.45, 7) is 3.21. The van der Waals surface area contributed by atoms with Gasteiger partial charge in [-0.3, -0.25) is 14.6 Å². The van der Waals surface area contributed by atoms with Crippen molar-refractivity contribution in [2.24, 2.45) is 0 Å². The van der Waals surface area contributed by atoms with Gasteiger partial charge in [0.05, 0.1) is 33.7 Å². The molecule has 0 saturated carbocycles. The Hall–Kier alpha value is -5.20. The number of carbonyl (C=O) groups is 2. The fraction of sp³-hybridized carbons (Fsp3) is 0.0968. The van der Waals surface area contributed by atoms with Crippen molar-refractivity contribution in [2.45, 2.75) is 24.0 Å². The summed E-state index contributed by atoms with van der Waals surface area (Å²) in [4.78, 5) is 30.0. The summed E-state index contributed by atoms with van der Waals surface area (Å²) in [6, 6.07) is 19.0. The lowest BCUT2D eigenvalue weighted by Gasteiger charge is -2.18. The molecule has 0 spiro atoms. The minimum atomic E-state index is -4.05. The number of pyridine rings is 1. The highest BCUT2D eigenvalue weighted by Gasteiger charge is 2.30. The maximum atomic E-state index is 13.1. The van der Waals surface area contributed by atoms with Crippen molar-refractivity contribution < 1.29 is 27.9 Å². The molecule has 1 atom stereocenters. The van der Waals surface area contributed by atoms with E-state index in [1.807, 2.05) is 31.2 Å². The zero-order chi connectivity index (χ0) is 31.4. The first kappa shape index (κ1) is 30.3. The Bertz CT molecular complexity index is 1930. The fourth-order valence-electron chi connectivity index (χ4n) is 4.06. The zero-order valence-electron chi connectivity index (χ0n) is 23.4. The van der Waals surface area contributed by atoms with Crippen molar-refractivity contribution in [2.75, 3.05) is 10.6 Å². The number of nitrogens with one attached hydrogen (secondary N) is 2. The highest BCUT2D eigenvalue weighted by molar-refractivity contribution is 7.92. The molecule has 1 unspecified atom stereocenters. The first-order valence-electron chi connectivity index (χ1n) is 13.2. The molecule has 224 valence electrons. The van der Waals surface area contributed by atoms with Gasteiger partial charge in [-0.05, 0) is 62.4 Å². The second-order valence-corrected chi connectivity index (χ2v) is 12.4. The standard InChI is InChI=1S/C31H26ClN5O6S/c1-19-3-7-23(8-4-19)37-18-21(17-34-37)31(40)35-26-16-29(43-24-9-5-22(32)6-10-24)27(15-28(26)38)36-30(39)20(2)44(41,42)25-11-13-33-14-12-25/h3-18,20,38H,1-2H3,(H,35,40)(H,36,39). The van der Waals surface area contributed by atoms with Crippen LogP contribution in [0.5, 0.6) is 17.2 Å². The van der Waals surface area contributed by atoms with Crippen LogP contribution in [-0.2, 0) is 14.6 Å². The van der Waals surface area contributed by atoms with E-state index in [4.69, 9.17) is 16.3 Å². The summed E-state index contributed by atoms with van der Waals surface area (Å²) >= 11 is 5.99. The Kier molecular flexibility index (Phi) is 8.65. The van der Waals surface area contributed by atoms with Gasteiger partial charge in [0.25, 0.3) is 5.91 Å². The van der Waals surface area contributed by atoms with Crippen LogP contribution in [0.1, 0.15) is 22.8 Å². The van der Waals surface area contributed by atoms with Gasteiger partial charge in [0.1, 0.15) is 16.7 Å². The van der Waals surface area contributed by atoms with Crippen molar-refractivity contribution in [3.63, 3.8) is 0 Å². The third-order valence-electron chi connectivity index (χ3n) is 6.60. The van der Waals surface area contributed by atoms with E-state index in [0.29, 0.717) is 10.8 Å². The predicted octanol–water partition coefficient (Wildman–Crippen LogP) is 5.78. The molecule has 2 aromatic heterocycles. The minimum Gasteiger partial charge on any atom is -0.506 e. The summed E-state index contributed by atoms with van der Waals surface area (Å²) in [5.74, 6) is -1.51. The largest absolute Gasteiger partial charge is 0.506 e. The number of halogens is 1. The maximum Gasteiger partial charge on any atom is 0.258 e. The normalized spacial score (nSPS) is 11.9. The van der Waals surface area contributed by atoms with Gasteiger partial charge < -0.3 is 20.5 Å². The van der Waals surface area contributed by atoms with Crippen LogP contribution < -0.4 is 15.4 Å². The number of rotatable bonds is 9. The molecule has 5 rings (SSSR count). The Morgan fingerprint density at radius 3 is 2.32 bits per heavy atom. The van der Waals surface area contributed by atoms with Crippen molar-refractivity contribution in [1.29, 1.82) is 0 Å². The van der Waals surface area contributed by atoms with Crippen LogP contribution in [0.4, 0.5) is 11.4 Å². The van der Waals surface area contributed by atoms with E-state index in [0.717, 1.165) is 17.3 Å². The highest BCUT2D eigenvalue weighted by atomic mass is 35.5. The zero-order valence-corrected chi connectivity index (χ0v) is 25.0. The van der Waals surface area contributed by atoms with E-state index in [1.54, 1.807) is 35.1 Å². The number of sulfone groups is 1. The average Bonchev–Trinajstić information content (AvgIpc) is 3.51. The van der Waals surface area contributed by atoms with Gasteiger partial charge in [0, 0.05) is 35.7 Å². The monoisotopic (exact) mass is 631 g/mol. The van der Waals surface area contributed by atoms with Gasteiger partial charge >= 0.3 is 0 Å². The van der Waals surface area contributed by atoms with E-state index in [2.05, 4.69) is 20.7 Å². The molecule has 0 saturated heterocycles. The first-order chi connectivity index (χ1) is 21.0. The molecule has 0 aliphatic carbocycles. The van der Waals surface area contributed by atoms with Crippen molar-refractivity contribution in [3.05, 3.63) is 114 Å². The van der Waals surface area contributed by atoms with E-state index in [9.17, 15) is 23.1 Å². The number of aryl methyl sites for hydroxylation is 1. The van der Waals surface area contributed by atoms with E-state index in [-0.39, 0.29) is 27.6 Å². The molecule has 0 aliphatic rings. The summed E-state index contributed by atoms with van der Waals surface area (Å²) in [6.07, 6.45) is 5.56. The van der Waals surface area contributed by atoms with E-state index < -0.39 is 32.7 Å². The molecule has 44 heavy (non-hydrogen) atoms. The molecule has 0 bridgehead atoms. The van der Waals surface area contributed by atoms with Crippen molar-refractivity contribution >= 4 is 44.6 Å². The number of ether oxygens (including phenoxy) is 1. The van der Waals surface area contributed by atoms with Crippen LogP contribution >= 0.6 is 11.6 Å². The molecule has 13 heteroatoms. The Balaban J connectivity index is 1.42. The molecule has 11 nitrogen and oxygen atoms in total. The number of phenols is 1. The number of benzene rings is 3. The molecular formula is C31H26ClN5O6S. The fourth-order valence-corrected chi connectivity index (χ4v) is 5.44. The number of aromatic nitrogens is 3. The molecule has 3 aromatic carbocycles. The third kappa shape index (κ3) is 6.72. The molecule has 3 N–H and O–H groups in total. The number of hydrogen-bond donors (Lipinski definition) is 3.